The van der Waals surface area contributed by atoms with Crippen molar-refractivity contribution in [3.05, 3.63) is 71.8 Å². The Balaban J connectivity index is 1.60. The highest BCUT2D eigenvalue weighted by Crippen LogP contribution is 2.31. The maximum absolute atomic E-state index is 6.07. The Morgan fingerprint density at radius 2 is 1.77 bits per heavy atom. The average molecular weight is 288 g/mol. The molecule has 1 aliphatic rings. The summed E-state index contributed by atoms with van der Waals surface area (Å²) in [5.41, 5.74) is 4.88. The summed E-state index contributed by atoms with van der Waals surface area (Å²) in [6.45, 7) is 0. The van der Waals surface area contributed by atoms with E-state index in [-0.39, 0.29) is 0 Å². The number of fused-ring (bicyclic) bond motifs is 3. The molecule has 0 N–H and O–H groups in total. The smallest absolute Gasteiger partial charge is 0.138 e. The molecule has 0 saturated heterocycles. The molecule has 0 fully saturated rings. The molecule has 0 aliphatic heterocycles. The van der Waals surface area contributed by atoms with Crippen LogP contribution >= 0.6 is 0 Å². The van der Waals surface area contributed by atoms with Gasteiger partial charge in [0.05, 0.1) is 0 Å². The van der Waals surface area contributed by atoms with Crippen LogP contribution in [-0.2, 0) is 6.42 Å². The molecule has 0 amide bonds. The lowest BCUT2D eigenvalue weighted by atomic mass is 10.1. The average Bonchev–Trinajstić information content (AvgIpc) is 3.19. The maximum atomic E-state index is 6.07. The summed E-state index contributed by atoms with van der Waals surface area (Å²) in [6, 6.07) is 14.7. The first-order chi connectivity index (χ1) is 10.9. The van der Waals surface area contributed by atoms with E-state index in [1.807, 2.05) is 12.1 Å². The van der Waals surface area contributed by atoms with E-state index in [0.29, 0.717) is 0 Å². The molecule has 2 aromatic carbocycles. The molecule has 4 rings (SSSR count). The Hall–Kier alpha value is -2.28. The lowest BCUT2D eigenvalue weighted by Crippen LogP contribution is -1.82. The molecule has 0 radical (unpaired) electrons. The number of allylic oxidation sites excluding steroid dienone is 4. The van der Waals surface area contributed by atoms with Crippen molar-refractivity contribution in [2.45, 2.75) is 32.1 Å². The van der Waals surface area contributed by atoms with Gasteiger partial charge < -0.3 is 4.42 Å². The van der Waals surface area contributed by atoms with E-state index >= 15 is 0 Å². The van der Waals surface area contributed by atoms with Crippen molar-refractivity contribution in [3.8, 4) is 0 Å². The van der Waals surface area contributed by atoms with E-state index in [1.54, 1.807) is 5.57 Å². The number of para-hydroxylation sites is 2. The van der Waals surface area contributed by atoms with Crippen molar-refractivity contribution in [1.82, 2.24) is 0 Å². The summed E-state index contributed by atoms with van der Waals surface area (Å²) in [5, 5.41) is 2.43. The zero-order valence-corrected chi connectivity index (χ0v) is 12.7. The van der Waals surface area contributed by atoms with Gasteiger partial charge in [0.1, 0.15) is 11.2 Å². The van der Waals surface area contributed by atoms with Gasteiger partial charge in [-0.2, -0.15) is 0 Å². The second-order valence-electron chi connectivity index (χ2n) is 6.03. The van der Waals surface area contributed by atoms with E-state index in [0.717, 1.165) is 24.0 Å². The highest BCUT2D eigenvalue weighted by Gasteiger charge is 2.09. The molecule has 1 aromatic heterocycles. The number of rotatable bonds is 4. The van der Waals surface area contributed by atoms with Crippen molar-refractivity contribution < 1.29 is 4.42 Å². The van der Waals surface area contributed by atoms with Gasteiger partial charge in [-0.05, 0) is 43.7 Å². The van der Waals surface area contributed by atoms with Crippen LogP contribution in [-0.4, -0.2) is 0 Å². The van der Waals surface area contributed by atoms with Crippen LogP contribution in [0, 0.1) is 0 Å². The standard InChI is InChI=1S/C21H20O/c1-2-9-16(8-1)10-3-4-11-17-12-7-14-19-18-13-5-6-15-20(18)22-21(17)19/h3-8,12-15H,1-2,9-11H2/b4-3+. The Labute approximate surface area is 130 Å². The molecule has 1 heteroatoms. The van der Waals surface area contributed by atoms with Crippen molar-refractivity contribution in [1.29, 1.82) is 0 Å². The lowest BCUT2D eigenvalue weighted by molar-refractivity contribution is 0.664. The predicted octanol–water partition coefficient (Wildman–Crippen LogP) is 6.19. The van der Waals surface area contributed by atoms with Crippen molar-refractivity contribution in [2.24, 2.45) is 0 Å². The van der Waals surface area contributed by atoms with Gasteiger partial charge in [0, 0.05) is 10.8 Å². The van der Waals surface area contributed by atoms with Gasteiger partial charge in [0.25, 0.3) is 0 Å². The van der Waals surface area contributed by atoms with Crippen LogP contribution in [0.2, 0.25) is 0 Å². The number of hydrogen-bond acceptors (Lipinski definition) is 1. The highest BCUT2D eigenvalue weighted by atomic mass is 16.3. The Morgan fingerprint density at radius 1 is 0.909 bits per heavy atom. The third-order valence-corrected chi connectivity index (χ3v) is 4.51. The first kappa shape index (κ1) is 13.4. The number of furan rings is 1. The molecule has 1 heterocycles. The number of hydrogen-bond donors (Lipinski definition) is 0. The minimum absolute atomic E-state index is 0.935. The third kappa shape index (κ3) is 2.48. The molecule has 110 valence electrons. The van der Waals surface area contributed by atoms with Crippen LogP contribution in [0.4, 0.5) is 0 Å². The lowest BCUT2D eigenvalue weighted by Gasteiger charge is -1.99. The van der Waals surface area contributed by atoms with E-state index in [2.05, 4.69) is 48.6 Å². The molecule has 0 spiro atoms. The van der Waals surface area contributed by atoms with Crippen LogP contribution in [0.3, 0.4) is 0 Å². The van der Waals surface area contributed by atoms with Crippen LogP contribution < -0.4 is 0 Å². The quantitative estimate of drug-likeness (QED) is 0.522. The van der Waals surface area contributed by atoms with Gasteiger partial charge >= 0.3 is 0 Å². The Bertz CT molecular complexity index is 864. The Morgan fingerprint density at radius 3 is 2.68 bits per heavy atom. The second kappa shape index (κ2) is 5.84. The molecule has 0 atom stereocenters. The molecule has 0 saturated carbocycles. The van der Waals surface area contributed by atoms with Crippen molar-refractivity contribution >= 4 is 21.9 Å². The molecular formula is C21H20O. The summed E-state index contributed by atoms with van der Waals surface area (Å²) in [7, 11) is 0. The largest absolute Gasteiger partial charge is 0.456 e. The topological polar surface area (TPSA) is 13.1 Å². The van der Waals surface area contributed by atoms with Gasteiger partial charge in [0.2, 0.25) is 0 Å². The summed E-state index contributed by atoms with van der Waals surface area (Å²) in [4.78, 5) is 0. The molecule has 0 bridgehead atoms. The van der Waals surface area contributed by atoms with E-state index in [1.165, 1.54) is 35.6 Å². The van der Waals surface area contributed by atoms with Crippen LogP contribution in [0.15, 0.2) is 70.7 Å². The van der Waals surface area contributed by atoms with Gasteiger partial charge in [-0.3, -0.25) is 0 Å². The molecule has 22 heavy (non-hydrogen) atoms. The van der Waals surface area contributed by atoms with Gasteiger partial charge in [0.15, 0.2) is 0 Å². The fourth-order valence-electron chi connectivity index (χ4n) is 3.33. The van der Waals surface area contributed by atoms with Crippen LogP contribution in [0.1, 0.15) is 31.2 Å². The van der Waals surface area contributed by atoms with Crippen LogP contribution in [0.25, 0.3) is 21.9 Å². The summed E-state index contributed by atoms with van der Waals surface area (Å²) >= 11 is 0. The minimum Gasteiger partial charge on any atom is -0.456 e. The minimum atomic E-state index is 0.935. The molecule has 0 unspecified atom stereocenters. The summed E-state index contributed by atoms with van der Waals surface area (Å²) < 4.78 is 6.07. The normalized spacial score (nSPS) is 15.2. The summed E-state index contributed by atoms with van der Waals surface area (Å²) in [5.74, 6) is 0. The van der Waals surface area contributed by atoms with Gasteiger partial charge in [-0.15, -0.1) is 0 Å². The summed E-state index contributed by atoms with van der Waals surface area (Å²) in [6.07, 6.45) is 12.9. The van der Waals surface area contributed by atoms with Crippen LogP contribution in [0.5, 0.6) is 0 Å². The van der Waals surface area contributed by atoms with E-state index in [9.17, 15) is 0 Å². The molecular weight excluding hydrogens is 268 g/mol. The fourth-order valence-corrected chi connectivity index (χ4v) is 3.33. The van der Waals surface area contributed by atoms with Crippen molar-refractivity contribution in [2.75, 3.05) is 0 Å². The van der Waals surface area contributed by atoms with Gasteiger partial charge in [-0.25, -0.2) is 0 Å². The first-order valence-corrected chi connectivity index (χ1v) is 8.14. The predicted molar refractivity (Wildman–Crippen MR) is 93.1 cm³/mol. The SMILES string of the molecule is C1=C(C/C=C/Cc2cccc3c2oc2ccccc23)CCC1. The Kier molecular flexibility index (Phi) is 3.56. The maximum Gasteiger partial charge on any atom is 0.138 e. The zero-order chi connectivity index (χ0) is 14.8. The number of benzene rings is 2. The fraction of sp³-hybridized carbons (Fsp3) is 0.238. The monoisotopic (exact) mass is 288 g/mol. The third-order valence-electron chi connectivity index (χ3n) is 4.51. The van der Waals surface area contributed by atoms with Gasteiger partial charge in [-0.1, -0.05) is 60.2 Å². The highest BCUT2D eigenvalue weighted by molar-refractivity contribution is 6.05. The molecule has 3 aromatic rings. The molecule has 1 nitrogen and oxygen atoms in total. The molecule has 1 aliphatic carbocycles. The van der Waals surface area contributed by atoms with Crippen molar-refractivity contribution in [3.63, 3.8) is 0 Å². The van der Waals surface area contributed by atoms with E-state index in [4.69, 9.17) is 4.42 Å². The zero-order valence-electron chi connectivity index (χ0n) is 12.7. The van der Waals surface area contributed by atoms with E-state index < -0.39 is 0 Å². The first-order valence-electron chi connectivity index (χ1n) is 8.14. The second-order valence-corrected chi connectivity index (χ2v) is 6.03.